The van der Waals surface area contributed by atoms with Crippen molar-refractivity contribution in [2.75, 3.05) is 4.90 Å². The second-order valence-electron chi connectivity index (χ2n) is 17.7. The van der Waals surface area contributed by atoms with Crippen LogP contribution in [0, 0.1) is 0 Å². The molecule has 0 radical (unpaired) electrons. The van der Waals surface area contributed by atoms with Gasteiger partial charge < -0.3 is 4.90 Å². The van der Waals surface area contributed by atoms with E-state index < -0.39 is 0 Å². The molecule has 9 aromatic carbocycles. The van der Waals surface area contributed by atoms with Crippen molar-refractivity contribution in [1.29, 1.82) is 0 Å². The summed E-state index contributed by atoms with van der Waals surface area (Å²) in [6.45, 7) is 9.51. The van der Waals surface area contributed by atoms with Crippen molar-refractivity contribution in [1.82, 2.24) is 0 Å². The number of hydrogen-bond acceptors (Lipinski definition) is 1. The van der Waals surface area contributed by atoms with Gasteiger partial charge in [0.15, 0.2) is 0 Å². The van der Waals surface area contributed by atoms with Crippen molar-refractivity contribution < 1.29 is 0 Å². The molecular weight excluding hydrogens is 735 g/mol. The molecule has 0 N–H and O–H groups in total. The summed E-state index contributed by atoms with van der Waals surface area (Å²) in [6, 6.07) is 78.5. The molecule has 0 saturated heterocycles. The summed E-state index contributed by atoms with van der Waals surface area (Å²) in [5.74, 6) is 0. The zero-order chi connectivity index (χ0) is 41.3. The molecule has 0 bridgehead atoms. The van der Waals surface area contributed by atoms with Gasteiger partial charge in [0.2, 0.25) is 0 Å². The highest BCUT2D eigenvalue weighted by atomic mass is 15.1. The van der Waals surface area contributed by atoms with E-state index in [4.69, 9.17) is 0 Å². The topological polar surface area (TPSA) is 3.24 Å². The van der Waals surface area contributed by atoms with Gasteiger partial charge in [0.25, 0.3) is 0 Å². The summed E-state index contributed by atoms with van der Waals surface area (Å²) in [6.07, 6.45) is 0. The fourth-order valence-corrected chi connectivity index (χ4v) is 10.6. The Kier molecular flexibility index (Phi) is 8.58. The summed E-state index contributed by atoms with van der Waals surface area (Å²) in [4.78, 5) is 2.51. The molecule has 0 heterocycles. The normalized spacial score (nSPS) is 13.8. The third kappa shape index (κ3) is 5.83. The molecular formula is C60H47N. The number of para-hydroxylation sites is 2. The van der Waals surface area contributed by atoms with Crippen LogP contribution in [-0.2, 0) is 10.8 Å². The maximum absolute atomic E-state index is 2.51. The number of nitrogens with zero attached hydrogens (tertiary/aromatic N) is 1. The molecule has 1 nitrogen and oxygen atoms in total. The average Bonchev–Trinajstić information content (AvgIpc) is 3.70. The van der Waals surface area contributed by atoms with Crippen LogP contribution in [0.5, 0.6) is 0 Å². The molecule has 2 aliphatic rings. The molecule has 2 aliphatic carbocycles. The third-order valence-electron chi connectivity index (χ3n) is 13.5. The summed E-state index contributed by atoms with van der Waals surface area (Å²) in [5.41, 5.74) is 23.7. The molecule has 0 fully saturated rings. The van der Waals surface area contributed by atoms with Gasteiger partial charge in [-0.05, 0) is 108 Å². The molecule has 1 heteroatoms. The Morgan fingerprint density at radius 2 is 0.721 bits per heavy atom. The highest BCUT2D eigenvalue weighted by Crippen LogP contribution is 2.56. The Balaban J connectivity index is 1.12. The standard InChI is InChI=1S/C60H47N/c1-59(2)53-31-13-9-26-51(53)57-48(27-18-32-54(57)59)46-24-10-14-33-55(46)61(44-37-35-41(36-38-44)43-22-16-21-42(39-43)40-19-6-5-7-20-40)56-34-15-11-25-47(56)50-29-17-28-49-45-23-8-12-30-52(45)60(3,4)58(49)50/h5-39H,1-4H3. The van der Waals surface area contributed by atoms with Crippen molar-refractivity contribution >= 4 is 17.1 Å². The first kappa shape index (κ1) is 36.8. The molecule has 0 aromatic heterocycles. The van der Waals surface area contributed by atoms with Gasteiger partial charge in [-0.15, -0.1) is 0 Å². The third-order valence-corrected chi connectivity index (χ3v) is 13.5. The van der Waals surface area contributed by atoms with E-state index >= 15 is 0 Å². The van der Waals surface area contributed by atoms with Gasteiger partial charge in [-0.25, -0.2) is 0 Å². The van der Waals surface area contributed by atoms with Crippen LogP contribution in [0.15, 0.2) is 212 Å². The lowest BCUT2D eigenvalue weighted by Crippen LogP contribution is -2.17. The van der Waals surface area contributed by atoms with Crippen LogP contribution in [0.4, 0.5) is 17.1 Å². The predicted octanol–water partition coefficient (Wildman–Crippen LogP) is 16.4. The summed E-state index contributed by atoms with van der Waals surface area (Å²) in [7, 11) is 0. The number of fused-ring (bicyclic) bond motifs is 6. The van der Waals surface area contributed by atoms with Gasteiger partial charge in [-0.2, -0.15) is 0 Å². The van der Waals surface area contributed by atoms with Gasteiger partial charge in [0.05, 0.1) is 11.4 Å². The predicted molar refractivity (Wildman–Crippen MR) is 258 cm³/mol. The fraction of sp³-hybridized carbons (Fsp3) is 0.100. The Labute approximate surface area is 360 Å². The number of hydrogen-bond donors (Lipinski definition) is 0. The van der Waals surface area contributed by atoms with E-state index in [1.807, 2.05) is 0 Å². The Hall–Kier alpha value is -7.22. The van der Waals surface area contributed by atoms with Crippen molar-refractivity contribution in [3.05, 3.63) is 235 Å². The average molecular weight is 782 g/mol. The number of rotatable bonds is 7. The maximum Gasteiger partial charge on any atom is 0.0540 e. The van der Waals surface area contributed by atoms with E-state index in [1.54, 1.807) is 0 Å². The van der Waals surface area contributed by atoms with E-state index in [2.05, 4.69) is 245 Å². The zero-order valence-electron chi connectivity index (χ0n) is 35.2. The van der Waals surface area contributed by atoms with Crippen LogP contribution in [-0.4, -0.2) is 0 Å². The quantitative estimate of drug-likeness (QED) is 0.156. The lowest BCUT2D eigenvalue weighted by Gasteiger charge is -2.32. The minimum atomic E-state index is -0.168. The molecule has 0 aliphatic heterocycles. The maximum atomic E-state index is 2.51. The van der Waals surface area contributed by atoms with Crippen molar-refractivity contribution in [2.24, 2.45) is 0 Å². The Morgan fingerprint density at radius 3 is 1.39 bits per heavy atom. The molecule has 9 aromatic rings. The second kappa shape index (κ2) is 14.2. The first-order valence-electron chi connectivity index (χ1n) is 21.5. The van der Waals surface area contributed by atoms with Crippen LogP contribution in [0.3, 0.4) is 0 Å². The summed E-state index contributed by atoms with van der Waals surface area (Å²) < 4.78 is 0. The van der Waals surface area contributed by atoms with E-state index in [0.29, 0.717) is 0 Å². The van der Waals surface area contributed by atoms with E-state index in [0.717, 1.165) is 17.1 Å². The smallest absolute Gasteiger partial charge is 0.0540 e. The van der Waals surface area contributed by atoms with Crippen molar-refractivity contribution in [3.63, 3.8) is 0 Å². The monoisotopic (exact) mass is 781 g/mol. The molecule has 0 amide bonds. The molecule has 61 heavy (non-hydrogen) atoms. The van der Waals surface area contributed by atoms with Crippen molar-refractivity contribution in [2.45, 2.75) is 38.5 Å². The Morgan fingerprint density at radius 1 is 0.295 bits per heavy atom. The van der Waals surface area contributed by atoms with Gasteiger partial charge >= 0.3 is 0 Å². The number of anilines is 3. The van der Waals surface area contributed by atoms with E-state index in [-0.39, 0.29) is 10.8 Å². The molecule has 0 unspecified atom stereocenters. The molecule has 11 rings (SSSR count). The van der Waals surface area contributed by atoms with Crippen molar-refractivity contribution in [3.8, 4) is 66.8 Å². The first-order chi connectivity index (χ1) is 29.8. The van der Waals surface area contributed by atoms with Gasteiger partial charge in [-0.3, -0.25) is 0 Å². The molecule has 0 atom stereocenters. The van der Waals surface area contributed by atoms with Crippen LogP contribution in [0.2, 0.25) is 0 Å². The highest BCUT2D eigenvalue weighted by molar-refractivity contribution is 6.01. The van der Waals surface area contributed by atoms with Crippen LogP contribution < -0.4 is 4.90 Å². The molecule has 292 valence electrons. The van der Waals surface area contributed by atoms with E-state index in [1.165, 1.54) is 89.0 Å². The second-order valence-corrected chi connectivity index (χ2v) is 17.7. The lowest BCUT2D eigenvalue weighted by molar-refractivity contribution is 0.660. The minimum absolute atomic E-state index is 0.102. The van der Waals surface area contributed by atoms with E-state index in [9.17, 15) is 0 Å². The SMILES string of the molecule is CC1(C)c2ccccc2-c2c(-c3ccccc3N(c3ccc(-c4cccc(-c5ccccc5)c4)cc3)c3ccccc3-c3cccc4c3C(C)(C)c3ccccc3-4)cccc21. The van der Waals surface area contributed by atoms with Gasteiger partial charge in [-0.1, -0.05) is 210 Å². The molecule has 0 saturated carbocycles. The first-order valence-corrected chi connectivity index (χ1v) is 21.5. The van der Waals surface area contributed by atoms with Crippen LogP contribution >= 0.6 is 0 Å². The number of benzene rings is 9. The van der Waals surface area contributed by atoms with Crippen LogP contribution in [0.25, 0.3) is 66.8 Å². The fourth-order valence-electron chi connectivity index (χ4n) is 10.6. The van der Waals surface area contributed by atoms with Crippen LogP contribution in [0.1, 0.15) is 49.9 Å². The minimum Gasteiger partial charge on any atom is -0.309 e. The zero-order valence-corrected chi connectivity index (χ0v) is 35.2. The largest absolute Gasteiger partial charge is 0.309 e. The van der Waals surface area contributed by atoms with Gasteiger partial charge in [0.1, 0.15) is 0 Å². The Bertz CT molecular complexity index is 3130. The summed E-state index contributed by atoms with van der Waals surface area (Å²) >= 11 is 0. The highest BCUT2D eigenvalue weighted by Gasteiger charge is 2.39. The van der Waals surface area contributed by atoms with Gasteiger partial charge in [0, 0.05) is 27.6 Å². The molecule has 0 spiro atoms. The lowest BCUT2D eigenvalue weighted by atomic mass is 9.78. The summed E-state index contributed by atoms with van der Waals surface area (Å²) in [5, 5.41) is 0.